The van der Waals surface area contributed by atoms with Crippen molar-refractivity contribution in [1.82, 2.24) is 4.57 Å². The van der Waals surface area contributed by atoms with Crippen LogP contribution >= 0.6 is 15.9 Å². The van der Waals surface area contributed by atoms with E-state index in [1.165, 1.54) is 38.6 Å². The summed E-state index contributed by atoms with van der Waals surface area (Å²) >= 11 is 3.69. The third-order valence-electron chi connectivity index (χ3n) is 6.44. The van der Waals surface area contributed by atoms with Crippen LogP contribution in [0.4, 0.5) is 0 Å². The van der Waals surface area contributed by atoms with Gasteiger partial charge in [-0.25, -0.2) is 0 Å². The summed E-state index contributed by atoms with van der Waals surface area (Å²) in [7, 11) is -1.69. The predicted octanol–water partition coefficient (Wildman–Crippen LogP) is 6.35. The second-order valence-electron chi connectivity index (χ2n) is 8.42. The van der Waals surface area contributed by atoms with Crippen molar-refractivity contribution in [3.8, 4) is 16.8 Å². The Morgan fingerprint density at radius 2 is 1.38 bits per heavy atom. The van der Waals surface area contributed by atoms with Gasteiger partial charge in [0.15, 0.2) is 0 Å². The van der Waals surface area contributed by atoms with Crippen LogP contribution in [0, 0.1) is 0 Å². The zero-order valence-electron chi connectivity index (χ0n) is 16.4. The maximum Gasteiger partial charge on any atom is 0.0545 e. The van der Waals surface area contributed by atoms with Gasteiger partial charge < -0.3 is 4.57 Å². The molecule has 5 aromatic rings. The molecule has 1 nitrogen and oxygen atoms in total. The maximum atomic E-state index is 3.69. The summed E-state index contributed by atoms with van der Waals surface area (Å²) in [6, 6.07) is 31.3. The number of hydrogen-bond donors (Lipinski definition) is 0. The molecule has 0 amide bonds. The smallest absolute Gasteiger partial charge is 0.0545 e. The van der Waals surface area contributed by atoms with Gasteiger partial charge in [0.1, 0.15) is 0 Å². The van der Waals surface area contributed by atoms with E-state index in [0.29, 0.717) is 0 Å². The molecule has 0 spiro atoms. The number of nitrogens with zero attached hydrogens (tertiary/aromatic N) is 1. The largest absolute Gasteiger partial charge is 0.309 e. The Bertz CT molecular complexity index is 1430. The van der Waals surface area contributed by atoms with Crippen LogP contribution in [0.25, 0.3) is 38.6 Å². The molecule has 0 aliphatic carbocycles. The van der Waals surface area contributed by atoms with Gasteiger partial charge in [-0.05, 0) is 42.0 Å². The summed E-state index contributed by atoms with van der Waals surface area (Å²) in [6.07, 6.45) is 0. The molecule has 4 aromatic carbocycles. The van der Waals surface area contributed by atoms with Gasteiger partial charge in [-0.3, -0.25) is 0 Å². The van der Waals surface area contributed by atoms with Gasteiger partial charge in [-0.15, -0.1) is 0 Å². The van der Waals surface area contributed by atoms with Crippen LogP contribution in [0.1, 0.15) is 0 Å². The monoisotopic (exact) mass is 453 g/mol. The average molecular weight is 454 g/mol. The molecule has 0 radical (unpaired) electrons. The lowest BCUT2D eigenvalue weighted by atomic mass is 10.0. The van der Waals surface area contributed by atoms with Gasteiger partial charge in [-0.2, -0.15) is 23.5 Å². The van der Waals surface area contributed by atoms with Crippen LogP contribution in [0.15, 0.2) is 89.4 Å². The average Bonchev–Trinajstić information content (AvgIpc) is 3.17. The van der Waals surface area contributed by atoms with E-state index in [-0.39, 0.29) is 0 Å². The van der Waals surface area contributed by atoms with Crippen molar-refractivity contribution in [3.05, 3.63) is 89.4 Å². The molecular formula is C26H20BrNSi-. The first kappa shape index (κ1) is 17.3. The van der Waals surface area contributed by atoms with Gasteiger partial charge in [0.25, 0.3) is 0 Å². The van der Waals surface area contributed by atoms with Crippen LogP contribution in [-0.2, 0) is 0 Å². The Labute approximate surface area is 179 Å². The SMILES string of the molecule is C[Si-]1(C)c2ccccc2-c2cc3c(cc21)c1cc(Br)ccc1n3-c1ccccc1. The molecule has 0 fully saturated rings. The maximum absolute atomic E-state index is 3.69. The molecule has 1 aromatic heterocycles. The molecule has 29 heavy (non-hydrogen) atoms. The normalized spacial score (nSPS) is 14.3. The number of para-hydroxylation sites is 1. The third kappa shape index (κ3) is 2.32. The van der Waals surface area contributed by atoms with Crippen molar-refractivity contribution >= 4 is 56.2 Å². The topological polar surface area (TPSA) is 4.93 Å². The molecule has 0 saturated heterocycles. The Balaban J connectivity index is 1.80. The number of halogens is 1. The fourth-order valence-electron chi connectivity index (χ4n) is 5.04. The van der Waals surface area contributed by atoms with E-state index in [1.807, 2.05) is 0 Å². The molecule has 6 rings (SSSR count). The lowest BCUT2D eigenvalue weighted by Gasteiger charge is -2.32. The summed E-state index contributed by atoms with van der Waals surface area (Å²) in [6.45, 7) is 4.96. The first-order chi connectivity index (χ1) is 14.1. The molecule has 141 valence electrons. The van der Waals surface area contributed by atoms with E-state index in [4.69, 9.17) is 0 Å². The van der Waals surface area contributed by atoms with E-state index >= 15 is 0 Å². The molecule has 0 unspecified atom stereocenters. The summed E-state index contributed by atoms with van der Waals surface area (Å²) in [5.41, 5.74) is 6.59. The second kappa shape index (κ2) is 5.94. The van der Waals surface area contributed by atoms with Crippen LogP contribution in [-0.4, -0.2) is 12.6 Å². The van der Waals surface area contributed by atoms with E-state index in [9.17, 15) is 0 Å². The fourth-order valence-corrected chi connectivity index (χ4v) is 8.48. The summed E-state index contributed by atoms with van der Waals surface area (Å²) < 4.78 is 3.53. The summed E-state index contributed by atoms with van der Waals surface area (Å²) in [5.74, 6) is 0. The summed E-state index contributed by atoms with van der Waals surface area (Å²) in [4.78, 5) is 0. The molecule has 3 heteroatoms. The molecule has 1 aliphatic rings. The minimum Gasteiger partial charge on any atom is -0.309 e. The van der Waals surface area contributed by atoms with Crippen LogP contribution in [0.5, 0.6) is 0 Å². The highest BCUT2D eigenvalue weighted by Gasteiger charge is 2.28. The van der Waals surface area contributed by atoms with E-state index in [0.717, 1.165) is 4.47 Å². The Morgan fingerprint density at radius 1 is 0.655 bits per heavy atom. The molecular weight excluding hydrogens is 434 g/mol. The zero-order valence-corrected chi connectivity index (χ0v) is 19.0. The van der Waals surface area contributed by atoms with Crippen LogP contribution < -0.4 is 10.4 Å². The Hall–Kier alpha value is -2.62. The molecule has 0 atom stereocenters. The van der Waals surface area contributed by atoms with E-state index in [2.05, 4.69) is 119 Å². The van der Waals surface area contributed by atoms with Crippen LogP contribution in [0.3, 0.4) is 0 Å². The minimum atomic E-state index is -1.69. The van der Waals surface area contributed by atoms with Crippen molar-refractivity contribution in [2.75, 3.05) is 0 Å². The lowest BCUT2D eigenvalue weighted by Crippen LogP contribution is -2.49. The number of fused-ring (bicyclic) bond motifs is 6. The van der Waals surface area contributed by atoms with Gasteiger partial charge in [0.2, 0.25) is 0 Å². The first-order valence-corrected chi connectivity index (χ1v) is 13.8. The second-order valence-corrected chi connectivity index (χ2v) is 13.7. The number of hydrogen-bond acceptors (Lipinski definition) is 0. The standard InChI is InChI=1S/C26H20BrNSi/c1-29(2)25-11-7-6-10-19(25)22-15-24-21(16-26(22)29)20-14-17(27)12-13-23(20)28(24)18-8-4-3-5-9-18/h3-16H,1-2H3/q-1. The molecule has 0 N–H and O–H groups in total. The highest BCUT2D eigenvalue weighted by Crippen LogP contribution is 2.38. The van der Waals surface area contributed by atoms with Crippen molar-refractivity contribution in [2.24, 2.45) is 0 Å². The quantitative estimate of drug-likeness (QED) is 0.260. The van der Waals surface area contributed by atoms with Gasteiger partial charge >= 0.3 is 0 Å². The minimum absolute atomic E-state index is 1.12. The molecule has 0 saturated carbocycles. The van der Waals surface area contributed by atoms with E-state index in [1.54, 1.807) is 10.4 Å². The summed E-state index contributed by atoms with van der Waals surface area (Å²) in [5, 5.41) is 5.76. The lowest BCUT2D eigenvalue weighted by molar-refractivity contribution is 1.18. The number of benzene rings is 4. The van der Waals surface area contributed by atoms with Crippen molar-refractivity contribution in [2.45, 2.75) is 13.1 Å². The van der Waals surface area contributed by atoms with E-state index < -0.39 is 8.07 Å². The van der Waals surface area contributed by atoms with Crippen LogP contribution in [0.2, 0.25) is 13.1 Å². The van der Waals surface area contributed by atoms with Gasteiger partial charge in [-0.1, -0.05) is 78.1 Å². The highest BCUT2D eigenvalue weighted by molar-refractivity contribution is 9.10. The molecule has 1 aliphatic heterocycles. The predicted molar refractivity (Wildman–Crippen MR) is 131 cm³/mol. The van der Waals surface area contributed by atoms with Crippen molar-refractivity contribution < 1.29 is 0 Å². The van der Waals surface area contributed by atoms with Gasteiger partial charge in [0.05, 0.1) is 11.0 Å². The number of rotatable bonds is 1. The van der Waals surface area contributed by atoms with Crippen molar-refractivity contribution in [1.29, 1.82) is 0 Å². The number of aromatic nitrogens is 1. The zero-order chi connectivity index (χ0) is 19.8. The van der Waals surface area contributed by atoms with Crippen molar-refractivity contribution in [3.63, 3.8) is 0 Å². The third-order valence-corrected chi connectivity index (χ3v) is 10.5. The Kier molecular flexibility index (Phi) is 3.54. The Morgan fingerprint density at radius 3 is 2.21 bits per heavy atom. The molecule has 2 heterocycles. The molecule has 0 bridgehead atoms. The fraction of sp³-hybridized carbons (Fsp3) is 0.0769. The van der Waals surface area contributed by atoms with Gasteiger partial charge in [0, 0.05) is 20.9 Å². The highest BCUT2D eigenvalue weighted by atomic mass is 79.9. The first-order valence-electron chi connectivity index (χ1n) is 9.99.